The van der Waals surface area contributed by atoms with E-state index in [1.54, 1.807) is 44.2 Å². The molecule has 0 amide bonds. The number of esters is 2. The smallest absolute Gasteiger partial charge is 0.335 e. The van der Waals surface area contributed by atoms with Gasteiger partial charge in [-0.05, 0) is 44.1 Å². The fourth-order valence-corrected chi connectivity index (χ4v) is 6.45. The van der Waals surface area contributed by atoms with Gasteiger partial charge in [0.25, 0.3) is 0 Å². The molecule has 9 atom stereocenters. The molecule has 3 rings (SSSR count). The molecule has 52 heavy (non-hydrogen) atoms. The van der Waals surface area contributed by atoms with E-state index in [0.717, 1.165) is 5.57 Å². The van der Waals surface area contributed by atoms with Crippen molar-refractivity contribution in [2.75, 3.05) is 13.2 Å². The molecule has 290 valence electrons. The Labute approximate surface area is 308 Å². The van der Waals surface area contributed by atoms with Gasteiger partial charge in [-0.1, -0.05) is 101 Å². The highest BCUT2D eigenvalue weighted by Gasteiger charge is 2.49. The third kappa shape index (κ3) is 13.1. The molecule has 0 radical (unpaired) electrons. The van der Waals surface area contributed by atoms with Gasteiger partial charge in [-0.25, -0.2) is 9.59 Å². The zero-order chi connectivity index (χ0) is 38.5. The van der Waals surface area contributed by atoms with Gasteiger partial charge in [0.2, 0.25) is 0 Å². The van der Waals surface area contributed by atoms with E-state index >= 15 is 0 Å². The summed E-state index contributed by atoms with van der Waals surface area (Å²) in [6.45, 7) is 12.7. The van der Waals surface area contributed by atoms with Crippen molar-refractivity contribution in [3.63, 3.8) is 0 Å². The molecule has 3 aliphatic heterocycles. The van der Waals surface area contributed by atoms with Gasteiger partial charge in [-0.2, -0.15) is 0 Å². The second-order valence-corrected chi connectivity index (χ2v) is 15.0. The lowest BCUT2D eigenvalue weighted by Gasteiger charge is -2.47. The second-order valence-electron chi connectivity index (χ2n) is 15.0. The summed E-state index contributed by atoms with van der Waals surface area (Å²) in [7, 11) is 0. The molecule has 3 aliphatic rings. The van der Waals surface area contributed by atoms with Crippen LogP contribution in [0.25, 0.3) is 0 Å². The third-order valence-electron chi connectivity index (χ3n) is 9.98. The molecule has 2 saturated heterocycles. The van der Waals surface area contributed by atoms with Crippen molar-refractivity contribution in [2.45, 2.75) is 128 Å². The lowest BCUT2D eigenvalue weighted by atomic mass is 9.73. The second kappa shape index (κ2) is 20.3. The van der Waals surface area contributed by atoms with Gasteiger partial charge in [-0.3, -0.25) is 0 Å². The van der Waals surface area contributed by atoms with Crippen LogP contribution in [0.5, 0.6) is 0 Å². The first-order chi connectivity index (χ1) is 24.5. The molecule has 11 nitrogen and oxygen atoms in total. The number of hydrogen-bond donors (Lipinski definition) is 5. The minimum Gasteiger partial charge on any atom is -0.459 e. The molecular weight excluding hydrogens is 668 g/mol. The van der Waals surface area contributed by atoms with Gasteiger partial charge in [0.05, 0.1) is 42.5 Å². The molecule has 0 saturated carbocycles. The van der Waals surface area contributed by atoms with Crippen molar-refractivity contribution < 1.29 is 54.1 Å². The van der Waals surface area contributed by atoms with E-state index < -0.39 is 71.8 Å². The quantitative estimate of drug-likeness (QED) is 0.114. The number of allylic oxidation sites excluding steroid dienone is 6. The first kappa shape index (κ1) is 43.2. The zero-order valence-corrected chi connectivity index (χ0v) is 31.3. The van der Waals surface area contributed by atoms with Crippen LogP contribution < -0.4 is 0 Å². The highest BCUT2D eigenvalue weighted by Crippen LogP contribution is 2.41. The van der Waals surface area contributed by atoms with E-state index in [1.807, 2.05) is 51.2 Å². The first-order valence-electron chi connectivity index (χ1n) is 18.3. The molecule has 5 N–H and O–H groups in total. The molecular formula is C41H60O11. The van der Waals surface area contributed by atoms with E-state index in [0.29, 0.717) is 37.7 Å². The Hall–Kier alpha value is -3.16. The van der Waals surface area contributed by atoms with Crippen LogP contribution in [0.15, 0.2) is 84.6 Å². The summed E-state index contributed by atoms with van der Waals surface area (Å²) >= 11 is 0. The molecule has 1 unspecified atom stereocenters. The van der Waals surface area contributed by atoms with Crippen molar-refractivity contribution in [3.8, 4) is 0 Å². The third-order valence-corrected chi connectivity index (χ3v) is 9.98. The molecule has 11 heteroatoms. The van der Waals surface area contributed by atoms with Gasteiger partial charge in [-0.15, -0.1) is 0 Å². The fraction of sp³-hybridized carbons (Fsp3) is 0.610. The molecule has 0 aromatic carbocycles. The Morgan fingerprint density at radius 3 is 2.56 bits per heavy atom. The number of fused-ring (bicyclic) bond motifs is 4. The van der Waals surface area contributed by atoms with E-state index in [4.69, 9.17) is 18.9 Å². The van der Waals surface area contributed by atoms with Crippen molar-refractivity contribution in [1.29, 1.82) is 0 Å². The Bertz CT molecular complexity index is 1370. The molecule has 0 aromatic heterocycles. The first-order valence-corrected chi connectivity index (χ1v) is 18.3. The van der Waals surface area contributed by atoms with Crippen LogP contribution in [0.3, 0.4) is 0 Å². The number of ether oxygens (including phenoxy) is 4. The predicted molar refractivity (Wildman–Crippen MR) is 197 cm³/mol. The maximum atomic E-state index is 13.0. The van der Waals surface area contributed by atoms with E-state index in [1.165, 1.54) is 6.08 Å². The number of carbonyl (C=O) groups excluding carboxylic acids is 2. The number of aliphatic hydroxyl groups is 5. The molecule has 0 aromatic rings. The van der Waals surface area contributed by atoms with Crippen LogP contribution >= 0.6 is 0 Å². The monoisotopic (exact) mass is 728 g/mol. The van der Waals surface area contributed by atoms with Crippen LogP contribution in [-0.2, 0) is 28.5 Å². The Morgan fingerprint density at radius 1 is 1.10 bits per heavy atom. The highest BCUT2D eigenvalue weighted by molar-refractivity contribution is 5.82. The normalized spacial score (nSPS) is 34.6. The molecule has 3 heterocycles. The number of aliphatic hydroxyl groups excluding tert-OH is 3. The van der Waals surface area contributed by atoms with Crippen molar-refractivity contribution in [3.05, 3.63) is 84.6 Å². The zero-order valence-electron chi connectivity index (χ0n) is 31.3. The van der Waals surface area contributed by atoms with Gasteiger partial charge in [0.1, 0.15) is 12.7 Å². The van der Waals surface area contributed by atoms with Crippen LogP contribution in [0.1, 0.15) is 79.6 Å². The number of hydrogen-bond acceptors (Lipinski definition) is 11. The molecule has 4 bridgehead atoms. The van der Waals surface area contributed by atoms with Crippen LogP contribution in [-0.4, -0.2) is 99.2 Å². The summed E-state index contributed by atoms with van der Waals surface area (Å²) in [5.41, 5.74) is 0.325. The van der Waals surface area contributed by atoms with E-state index in [2.05, 4.69) is 6.58 Å². The number of carbonyl (C=O) groups is 2. The summed E-state index contributed by atoms with van der Waals surface area (Å²) in [5, 5.41) is 52.4. The van der Waals surface area contributed by atoms with Gasteiger partial charge < -0.3 is 44.5 Å². The van der Waals surface area contributed by atoms with E-state index in [9.17, 15) is 35.1 Å². The van der Waals surface area contributed by atoms with Crippen LogP contribution in [0.2, 0.25) is 0 Å². The number of rotatable bonds is 11. The summed E-state index contributed by atoms with van der Waals surface area (Å²) in [5.74, 6) is -3.57. The summed E-state index contributed by atoms with van der Waals surface area (Å²) in [4.78, 5) is 25.3. The highest BCUT2D eigenvalue weighted by atomic mass is 16.6. The van der Waals surface area contributed by atoms with Gasteiger partial charge >= 0.3 is 11.9 Å². The van der Waals surface area contributed by atoms with Crippen LogP contribution in [0, 0.1) is 17.3 Å². The minimum absolute atomic E-state index is 0.0178. The minimum atomic E-state index is -1.88. The predicted octanol–water partition coefficient (Wildman–Crippen LogP) is 4.70. The lowest BCUT2D eigenvalue weighted by molar-refractivity contribution is -0.270. The average Bonchev–Trinajstić information content (AvgIpc) is 3.07. The van der Waals surface area contributed by atoms with Gasteiger partial charge in [0, 0.05) is 31.3 Å². The standard InChI is InChI=1S/C41H60O11/c1-27(2)21-34(44)29(4)25-49-39(46)33(43)18-13-14-19-36-40(6,26-42)37-23-31(51-36)16-10-7-9-15-28(3)22-35-30(5)41(47,48)24-32(50-35)17-11-8-12-20-38(45)52-37/h8-16,20,22,27,30-37,42-44,47-48H,4,7,17-19,21,23-26H2,1-3,5-6H3/b11-8+,14-13-,15-9+,16-10+,20-12+,28-22-/t30-,31+,32-,33-,34?,35+,36-,37+,40-/m0/s1. The lowest BCUT2D eigenvalue weighted by Crippen LogP contribution is -2.55. The SMILES string of the molecule is C=C(COC(=O)[C@@H](O)C/C=C\C[C@@H]1O[C@@H]2/C=C/C/C=C/C(C)=C\[C@H]3O[C@@H](C/C=C/C=C/C(=O)O[C@H](C2)[C@@]1(C)CO)CC(O)(O)[C@H]3C)C(O)CC(C)C. The topological polar surface area (TPSA) is 172 Å². The largest absolute Gasteiger partial charge is 0.459 e. The summed E-state index contributed by atoms with van der Waals surface area (Å²) in [6.07, 6.45) is 16.8. The Morgan fingerprint density at radius 2 is 1.85 bits per heavy atom. The van der Waals surface area contributed by atoms with Crippen molar-refractivity contribution in [1.82, 2.24) is 0 Å². The van der Waals surface area contributed by atoms with Crippen molar-refractivity contribution in [2.24, 2.45) is 17.3 Å². The maximum absolute atomic E-state index is 13.0. The summed E-state index contributed by atoms with van der Waals surface area (Å²) < 4.78 is 23.7. The molecule has 0 aliphatic carbocycles. The van der Waals surface area contributed by atoms with Crippen LogP contribution in [0.4, 0.5) is 0 Å². The average molecular weight is 729 g/mol. The Balaban J connectivity index is 1.72. The van der Waals surface area contributed by atoms with Gasteiger partial charge in [0.15, 0.2) is 11.9 Å². The van der Waals surface area contributed by atoms with Crippen molar-refractivity contribution >= 4 is 11.9 Å². The van der Waals surface area contributed by atoms with E-state index in [-0.39, 0.29) is 32.0 Å². The maximum Gasteiger partial charge on any atom is 0.335 e. The molecule has 0 spiro atoms. The Kier molecular flexibility index (Phi) is 16.9. The molecule has 2 fully saturated rings. The fourth-order valence-electron chi connectivity index (χ4n) is 6.45. The summed E-state index contributed by atoms with van der Waals surface area (Å²) in [6, 6.07) is 0.